The summed E-state index contributed by atoms with van der Waals surface area (Å²) in [5.74, 6) is -0.117. The van der Waals surface area contributed by atoms with Crippen molar-refractivity contribution in [2.45, 2.75) is 19.3 Å². The molecule has 0 saturated carbocycles. The molecule has 3 aromatic rings. The molecule has 140 valence electrons. The Labute approximate surface area is 162 Å². The minimum atomic E-state index is -0.260. The maximum Gasteiger partial charge on any atom is 0.248 e. The normalized spacial score (nSPS) is 13.5. The molecule has 0 unspecified atom stereocenters. The molecule has 0 atom stereocenters. The highest BCUT2D eigenvalue weighted by Gasteiger charge is 2.17. The number of hydrogen-bond acceptors (Lipinski definition) is 4. The number of Topliss-reactive ketones (excluding diaryl/α,β-unsaturated/α-hetero) is 1. The first-order valence-electron chi connectivity index (χ1n) is 9.18. The van der Waals surface area contributed by atoms with Crippen molar-refractivity contribution in [2.24, 2.45) is 7.05 Å². The lowest BCUT2D eigenvalue weighted by Gasteiger charge is -2.15. The number of pyridine rings is 1. The zero-order valence-electron chi connectivity index (χ0n) is 15.6. The highest BCUT2D eigenvalue weighted by Crippen LogP contribution is 2.25. The zero-order chi connectivity index (χ0) is 19.5. The number of ketones is 1. The van der Waals surface area contributed by atoms with Crippen LogP contribution >= 0.6 is 0 Å². The summed E-state index contributed by atoms with van der Waals surface area (Å²) in [4.78, 5) is 28.6. The van der Waals surface area contributed by atoms with Crippen LogP contribution in [0.2, 0.25) is 0 Å². The van der Waals surface area contributed by atoms with Gasteiger partial charge >= 0.3 is 0 Å². The molecule has 1 aliphatic rings. The van der Waals surface area contributed by atoms with E-state index in [4.69, 9.17) is 0 Å². The lowest BCUT2D eigenvalue weighted by molar-refractivity contribution is -0.111. The Kier molecular flexibility index (Phi) is 4.85. The van der Waals surface area contributed by atoms with Crippen LogP contribution in [0.1, 0.15) is 34.3 Å². The molecule has 0 spiro atoms. The van der Waals surface area contributed by atoms with E-state index in [1.165, 1.54) is 6.08 Å². The number of fused-ring (bicyclic) bond motifs is 1. The first-order valence-corrected chi connectivity index (χ1v) is 9.18. The number of nitrogens with one attached hydrogen (secondary N) is 1. The molecule has 1 N–H and O–H groups in total. The van der Waals surface area contributed by atoms with E-state index >= 15 is 0 Å². The Morgan fingerprint density at radius 2 is 2.07 bits per heavy atom. The predicted molar refractivity (Wildman–Crippen MR) is 108 cm³/mol. The number of aryl methyl sites for hydroxylation is 2. The molecule has 0 fully saturated rings. The van der Waals surface area contributed by atoms with Crippen LogP contribution in [-0.2, 0) is 18.3 Å². The number of carbonyl (C=O) groups is 2. The van der Waals surface area contributed by atoms with Crippen molar-refractivity contribution >= 4 is 23.5 Å². The smallest absolute Gasteiger partial charge is 0.248 e. The van der Waals surface area contributed by atoms with Gasteiger partial charge in [-0.05, 0) is 48.2 Å². The first kappa shape index (κ1) is 17.9. The number of anilines is 1. The topological polar surface area (TPSA) is 76.9 Å². The molecule has 4 rings (SSSR count). The Balaban J connectivity index is 1.51. The van der Waals surface area contributed by atoms with Crippen molar-refractivity contribution in [1.82, 2.24) is 14.8 Å². The van der Waals surface area contributed by atoms with Crippen molar-refractivity contribution in [3.05, 3.63) is 71.8 Å². The Morgan fingerprint density at radius 1 is 1.18 bits per heavy atom. The van der Waals surface area contributed by atoms with Crippen LogP contribution in [0.5, 0.6) is 0 Å². The average Bonchev–Trinajstić information content (AvgIpc) is 3.13. The van der Waals surface area contributed by atoms with Gasteiger partial charge in [-0.3, -0.25) is 19.3 Å². The number of nitrogens with zero attached hydrogens (tertiary/aromatic N) is 3. The number of rotatable bonds is 4. The molecule has 2 aromatic heterocycles. The third kappa shape index (κ3) is 3.76. The fraction of sp³-hybridized carbons (Fsp3) is 0.182. The second kappa shape index (κ2) is 7.60. The summed E-state index contributed by atoms with van der Waals surface area (Å²) < 4.78 is 1.73. The van der Waals surface area contributed by atoms with Crippen molar-refractivity contribution in [1.29, 1.82) is 0 Å². The van der Waals surface area contributed by atoms with Gasteiger partial charge in [0.2, 0.25) is 5.91 Å². The van der Waals surface area contributed by atoms with Crippen LogP contribution in [0.3, 0.4) is 0 Å². The van der Waals surface area contributed by atoms with Crippen molar-refractivity contribution in [2.75, 3.05) is 5.32 Å². The van der Waals surface area contributed by atoms with E-state index in [0.29, 0.717) is 12.1 Å². The predicted octanol–water partition coefficient (Wildman–Crippen LogP) is 3.65. The fourth-order valence-electron chi connectivity index (χ4n) is 3.42. The highest BCUT2D eigenvalue weighted by molar-refractivity contribution is 6.04. The molecule has 28 heavy (non-hydrogen) atoms. The minimum absolute atomic E-state index is 0.143. The summed E-state index contributed by atoms with van der Waals surface area (Å²) in [5, 5.41) is 7.02. The Bertz CT molecular complexity index is 1080. The molecule has 0 saturated heterocycles. The lowest BCUT2D eigenvalue weighted by Crippen LogP contribution is -2.13. The van der Waals surface area contributed by atoms with E-state index in [1.54, 1.807) is 35.4 Å². The maximum absolute atomic E-state index is 12.4. The molecule has 2 heterocycles. The molecule has 1 amide bonds. The van der Waals surface area contributed by atoms with Gasteiger partial charge in [-0.25, -0.2) is 0 Å². The molecule has 1 aliphatic carbocycles. The van der Waals surface area contributed by atoms with Crippen LogP contribution in [0.15, 0.2) is 55.1 Å². The number of carbonyl (C=O) groups excluding carboxylic acids is 2. The second-order valence-electron chi connectivity index (χ2n) is 6.84. The third-order valence-electron chi connectivity index (χ3n) is 4.81. The summed E-state index contributed by atoms with van der Waals surface area (Å²) in [6.07, 6.45) is 12.7. The van der Waals surface area contributed by atoms with Gasteiger partial charge in [0.15, 0.2) is 5.78 Å². The Morgan fingerprint density at radius 3 is 2.89 bits per heavy atom. The Hall–Kier alpha value is -3.54. The number of benzene rings is 1. The minimum Gasteiger partial charge on any atom is -0.322 e. The largest absolute Gasteiger partial charge is 0.322 e. The van der Waals surface area contributed by atoms with Crippen LogP contribution in [-0.4, -0.2) is 26.5 Å². The summed E-state index contributed by atoms with van der Waals surface area (Å²) in [6.45, 7) is 0. The summed E-state index contributed by atoms with van der Waals surface area (Å²) in [7, 11) is 1.86. The van der Waals surface area contributed by atoms with Gasteiger partial charge < -0.3 is 5.32 Å². The van der Waals surface area contributed by atoms with Crippen LogP contribution in [0.25, 0.3) is 17.2 Å². The second-order valence-corrected chi connectivity index (χ2v) is 6.84. The summed E-state index contributed by atoms with van der Waals surface area (Å²) >= 11 is 0. The first-order chi connectivity index (χ1) is 13.6. The molecular weight excluding hydrogens is 352 g/mol. The monoisotopic (exact) mass is 372 g/mol. The zero-order valence-corrected chi connectivity index (χ0v) is 15.6. The highest BCUT2D eigenvalue weighted by atomic mass is 16.1. The van der Waals surface area contributed by atoms with E-state index in [-0.39, 0.29) is 11.7 Å². The molecule has 1 aromatic carbocycles. The van der Waals surface area contributed by atoms with Gasteiger partial charge in [0, 0.05) is 60.5 Å². The summed E-state index contributed by atoms with van der Waals surface area (Å²) in [6, 6.07) is 7.43. The lowest BCUT2D eigenvalue weighted by atomic mass is 9.90. The molecular formula is C22H20N4O2. The van der Waals surface area contributed by atoms with Crippen molar-refractivity contribution < 1.29 is 9.59 Å². The van der Waals surface area contributed by atoms with Gasteiger partial charge in [0.05, 0.1) is 6.20 Å². The third-order valence-corrected chi connectivity index (χ3v) is 4.81. The molecule has 0 aliphatic heterocycles. The number of aromatic nitrogens is 3. The van der Waals surface area contributed by atoms with E-state index < -0.39 is 0 Å². The summed E-state index contributed by atoms with van der Waals surface area (Å²) in [5.41, 5.74) is 5.14. The van der Waals surface area contributed by atoms with E-state index in [1.807, 2.05) is 31.4 Å². The fourth-order valence-corrected chi connectivity index (χ4v) is 3.42. The van der Waals surface area contributed by atoms with Gasteiger partial charge in [-0.15, -0.1) is 0 Å². The van der Waals surface area contributed by atoms with Gasteiger partial charge in [-0.2, -0.15) is 5.10 Å². The van der Waals surface area contributed by atoms with Crippen LogP contribution in [0.4, 0.5) is 5.69 Å². The standard InChI is InChI=1S/C22H20N4O2/c1-26-14-17(13-24-26)19-9-10-23-12-16(19)6-8-22(28)25-18-7-5-15-3-2-4-21(27)20(15)11-18/h5-14H,2-4H2,1H3,(H,25,28). The van der Waals surface area contributed by atoms with Crippen LogP contribution < -0.4 is 5.32 Å². The number of hydrogen-bond donors (Lipinski definition) is 1. The van der Waals surface area contributed by atoms with Gasteiger partial charge in [0.25, 0.3) is 0 Å². The quantitative estimate of drug-likeness (QED) is 0.709. The average molecular weight is 372 g/mol. The molecule has 6 nitrogen and oxygen atoms in total. The van der Waals surface area contributed by atoms with E-state index in [9.17, 15) is 9.59 Å². The van der Waals surface area contributed by atoms with Crippen molar-refractivity contribution in [3.8, 4) is 11.1 Å². The van der Waals surface area contributed by atoms with E-state index in [2.05, 4.69) is 15.4 Å². The molecule has 6 heteroatoms. The van der Waals surface area contributed by atoms with E-state index in [0.717, 1.165) is 40.7 Å². The molecule has 0 radical (unpaired) electrons. The molecule has 0 bridgehead atoms. The number of amides is 1. The van der Waals surface area contributed by atoms with Gasteiger partial charge in [-0.1, -0.05) is 6.07 Å². The SMILES string of the molecule is Cn1cc(-c2ccncc2C=CC(=O)Nc2ccc3c(c2)C(=O)CCC3)cn1. The van der Waals surface area contributed by atoms with Gasteiger partial charge in [0.1, 0.15) is 0 Å². The van der Waals surface area contributed by atoms with Crippen molar-refractivity contribution in [3.63, 3.8) is 0 Å². The van der Waals surface area contributed by atoms with Crippen LogP contribution in [0, 0.1) is 0 Å². The maximum atomic E-state index is 12.4.